The van der Waals surface area contributed by atoms with Gasteiger partial charge >= 0.3 is 0 Å². The first-order valence-corrected chi connectivity index (χ1v) is 10.4. The minimum Gasteiger partial charge on any atom is -0.354 e. The second-order valence-corrected chi connectivity index (χ2v) is 9.02. The number of aryl methyl sites for hydroxylation is 1. The molecule has 4 nitrogen and oxygen atoms in total. The second kappa shape index (κ2) is 7.25. The molecule has 8 heteroatoms. The van der Waals surface area contributed by atoms with E-state index >= 15 is 0 Å². The van der Waals surface area contributed by atoms with Gasteiger partial charge in [-0.1, -0.05) is 41.4 Å². The van der Waals surface area contributed by atoms with Crippen molar-refractivity contribution in [2.45, 2.75) is 11.1 Å². The fourth-order valence-corrected chi connectivity index (χ4v) is 4.62. The zero-order valence-corrected chi connectivity index (χ0v) is 16.2. The van der Waals surface area contributed by atoms with E-state index in [-0.39, 0.29) is 9.23 Å². The summed E-state index contributed by atoms with van der Waals surface area (Å²) in [5.41, 5.74) is 2.73. The lowest BCUT2D eigenvalue weighted by molar-refractivity contribution is 0.603. The van der Waals surface area contributed by atoms with Gasteiger partial charge in [0.1, 0.15) is 4.21 Å². The van der Waals surface area contributed by atoms with E-state index in [4.69, 9.17) is 23.2 Å². The predicted molar refractivity (Wildman–Crippen MR) is 106 cm³/mol. The first-order valence-electron chi connectivity index (χ1n) is 7.24. The third-order valence-electron chi connectivity index (χ3n) is 3.36. The van der Waals surface area contributed by atoms with Crippen LogP contribution in [0.5, 0.6) is 0 Å². The molecule has 0 aliphatic heterocycles. The van der Waals surface area contributed by atoms with Crippen LogP contribution in [0.3, 0.4) is 0 Å². The summed E-state index contributed by atoms with van der Waals surface area (Å²) in [4.78, 5) is 0. The topological polar surface area (TPSA) is 58.2 Å². The average Bonchev–Trinajstić information content (AvgIpc) is 3.07. The van der Waals surface area contributed by atoms with Crippen molar-refractivity contribution in [1.82, 2.24) is 0 Å². The highest BCUT2D eigenvalue weighted by molar-refractivity contribution is 7.94. The quantitative estimate of drug-likeness (QED) is 0.547. The van der Waals surface area contributed by atoms with Crippen LogP contribution in [0.15, 0.2) is 58.1 Å². The van der Waals surface area contributed by atoms with Crippen molar-refractivity contribution < 1.29 is 8.42 Å². The average molecular weight is 413 g/mol. The Kier molecular flexibility index (Phi) is 5.24. The number of hydrogen-bond acceptors (Lipinski definition) is 4. The van der Waals surface area contributed by atoms with E-state index in [0.717, 1.165) is 22.6 Å². The minimum absolute atomic E-state index is 0.222. The monoisotopic (exact) mass is 412 g/mol. The number of benzene rings is 2. The standard InChI is InChI=1S/C17H14Cl2N2O2S2/c1-11-4-2-5-12(8-11)20-15-9-13(18)14(19)10-16(15)21-25(22,23)17-6-3-7-24-17/h2-10,20-21H,1H3. The Labute approximate surface area is 160 Å². The molecule has 2 N–H and O–H groups in total. The highest BCUT2D eigenvalue weighted by Crippen LogP contribution is 2.36. The molecule has 0 saturated heterocycles. The van der Waals surface area contributed by atoms with Crippen LogP contribution in [0.4, 0.5) is 17.1 Å². The molecule has 0 bridgehead atoms. The third-order valence-corrected chi connectivity index (χ3v) is 6.85. The van der Waals surface area contributed by atoms with Gasteiger partial charge in [-0.15, -0.1) is 11.3 Å². The number of thiophene rings is 1. The van der Waals surface area contributed by atoms with Gasteiger partial charge in [0, 0.05) is 5.69 Å². The van der Waals surface area contributed by atoms with Crippen LogP contribution < -0.4 is 10.0 Å². The fourth-order valence-electron chi connectivity index (χ4n) is 2.22. The highest BCUT2D eigenvalue weighted by Gasteiger charge is 2.18. The summed E-state index contributed by atoms with van der Waals surface area (Å²) in [6.45, 7) is 1.97. The lowest BCUT2D eigenvalue weighted by atomic mass is 10.2. The van der Waals surface area contributed by atoms with Gasteiger partial charge in [0.25, 0.3) is 10.0 Å². The zero-order valence-electron chi connectivity index (χ0n) is 13.1. The summed E-state index contributed by atoms with van der Waals surface area (Å²) in [7, 11) is -3.70. The first-order chi connectivity index (χ1) is 11.8. The maximum absolute atomic E-state index is 12.5. The molecular formula is C17H14Cl2N2O2S2. The molecule has 0 spiro atoms. The highest BCUT2D eigenvalue weighted by atomic mass is 35.5. The van der Waals surface area contributed by atoms with Gasteiger partial charge in [0.15, 0.2) is 0 Å². The molecule has 0 saturated carbocycles. The van der Waals surface area contributed by atoms with Crippen LogP contribution in [-0.4, -0.2) is 8.42 Å². The molecule has 0 unspecified atom stereocenters. The van der Waals surface area contributed by atoms with Gasteiger partial charge in [0.2, 0.25) is 0 Å². The summed E-state index contributed by atoms with van der Waals surface area (Å²) in [6, 6.07) is 14.0. The van der Waals surface area contributed by atoms with Crippen LogP contribution in [0, 0.1) is 6.92 Å². The molecule has 0 aliphatic carbocycles. The summed E-state index contributed by atoms with van der Waals surface area (Å²) in [5, 5.41) is 5.48. The summed E-state index contributed by atoms with van der Waals surface area (Å²) >= 11 is 13.3. The second-order valence-electron chi connectivity index (χ2n) is 5.34. The van der Waals surface area contributed by atoms with Crippen molar-refractivity contribution >= 4 is 61.6 Å². The lowest BCUT2D eigenvalue weighted by Gasteiger charge is -2.15. The van der Waals surface area contributed by atoms with Crippen molar-refractivity contribution in [2.24, 2.45) is 0 Å². The Balaban J connectivity index is 1.99. The molecule has 130 valence electrons. The molecule has 3 rings (SSSR count). The molecule has 2 aromatic carbocycles. The molecule has 1 heterocycles. The number of nitrogens with one attached hydrogen (secondary N) is 2. The van der Waals surface area contributed by atoms with Crippen LogP contribution >= 0.6 is 34.5 Å². The molecule has 0 amide bonds. The maximum Gasteiger partial charge on any atom is 0.271 e. The zero-order chi connectivity index (χ0) is 18.0. The van der Waals surface area contributed by atoms with Crippen molar-refractivity contribution in [2.75, 3.05) is 10.0 Å². The predicted octanol–water partition coefficient (Wildman–Crippen LogP) is 5.91. The molecule has 25 heavy (non-hydrogen) atoms. The van der Waals surface area contributed by atoms with Gasteiger partial charge in [-0.05, 0) is 48.2 Å². The number of halogens is 2. The number of hydrogen-bond donors (Lipinski definition) is 2. The Hall–Kier alpha value is -1.73. The van der Waals surface area contributed by atoms with Crippen molar-refractivity contribution in [3.63, 3.8) is 0 Å². The van der Waals surface area contributed by atoms with Crippen LogP contribution in [0.1, 0.15) is 5.56 Å². The van der Waals surface area contributed by atoms with Gasteiger partial charge in [-0.25, -0.2) is 8.42 Å². The molecule has 3 aromatic rings. The van der Waals surface area contributed by atoms with E-state index < -0.39 is 10.0 Å². The van der Waals surface area contributed by atoms with E-state index in [9.17, 15) is 8.42 Å². The number of anilines is 3. The van der Waals surface area contributed by atoms with Crippen molar-refractivity contribution in [3.05, 3.63) is 69.5 Å². The van der Waals surface area contributed by atoms with E-state index in [1.807, 2.05) is 31.2 Å². The van der Waals surface area contributed by atoms with Gasteiger partial charge in [-0.2, -0.15) is 0 Å². The van der Waals surface area contributed by atoms with E-state index in [1.165, 1.54) is 12.1 Å². The molecule has 1 aromatic heterocycles. The summed E-state index contributed by atoms with van der Waals surface area (Å²) in [6.07, 6.45) is 0. The normalized spacial score (nSPS) is 11.3. The SMILES string of the molecule is Cc1cccc(Nc2cc(Cl)c(Cl)cc2NS(=O)(=O)c2cccs2)c1. The van der Waals surface area contributed by atoms with Crippen molar-refractivity contribution in [1.29, 1.82) is 0 Å². The Bertz CT molecular complexity index is 1000. The van der Waals surface area contributed by atoms with Gasteiger partial charge in [-0.3, -0.25) is 4.72 Å². The number of rotatable bonds is 5. The summed E-state index contributed by atoms with van der Waals surface area (Å²) < 4.78 is 27.8. The Morgan fingerprint density at radius 3 is 2.32 bits per heavy atom. The molecule has 0 atom stereocenters. The fraction of sp³-hybridized carbons (Fsp3) is 0.0588. The first kappa shape index (κ1) is 18.1. The van der Waals surface area contributed by atoms with Crippen LogP contribution in [0.25, 0.3) is 0 Å². The molecule has 0 radical (unpaired) electrons. The molecule has 0 aliphatic rings. The smallest absolute Gasteiger partial charge is 0.271 e. The van der Waals surface area contributed by atoms with Crippen LogP contribution in [-0.2, 0) is 10.0 Å². The largest absolute Gasteiger partial charge is 0.354 e. The van der Waals surface area contributed by atoms with E-state index in [1.54, 1.807) is 17.5 Å². The van der Waals surface area contributed by atoms with E-state index in [0.29, 0.717) is 16.4 Å². The maximum atomic E-state index is 12.5. The van der Waals surface area contributed by atoms with E-state index in [2.05, 4.69) is 10.0 Å². The molecular weight excluding hydrogens is 399 g/mol. The van der Waals surface area contributed by atoms with Gasteiger partial charge < -0.3 is 5.32 Å². The van der Waals surface area contributed by atoms with Gasteiger partial charge in [0.05, 0.1) is 21.4 Å². The summed E-state index contributed by atoms with van der Waals surface area (Å²) in [5.74, 6) is 0. The Morgan fingerprint density at radius 2 is 1.68 bits per heavy atom. The Morgan fingerprint density at radius 1 is 0.960 bits per heavy atom. The lowest BCUT2D eigenvalue weighted by Crippen LogP contribution is -2.12. The van der Waals surface area contributed by atoms with Crippen LogP contribution in [0.2, 0.25) is 10.0 Å². The van der Waals surface area contributed by atoms with Crippen molar-refractivity contribution in [3.8, 4) is 0 Å². The third kappa shape index (κ3) is 4.27. The minimum atomic E-state index is -3.70. The molecule has 0 fully saturated rings. The number of sulfonamides is 1.